The first-order chi connectivity index (χ1) is 14.0. The van der Waals surface area contributed by atoms with Crippen LogP contribution in [0.3, 0.4) is 0 Å². The number of hydrogen-bond acceptors (Lipinski definition) is 4. The number of benzene rings is 2. The van der Waals surface area contributed by atoms with E-state index in [0.29, 0.717) is 13.1 Å². The van der Waals surface area contributed by atoms with Gasteiger partial charge in [-0.05, 0) is 49.2 Å². The minimum absolute atomic E-state index is 0.0691. The van der Waals surface area contributed by atoms with Crippen LogP contribution in [-0.2, 0) is 16.1 Å². The second-order valence-corrected chi connectivity index (χ2v) is 7.62. The average Bonchev–Trinajstić information content (AvgIpc) is 3.27. The van der Waals surface area contributed by atoms with Crippen LogP contribution in [0.4, 0.5) is 5.69 Å². The third kappa shape index (κ3) is 5.81. The van der Waals surface area contributed by atoms with Crippen molar-refractivity contribution in [2.75, 3.05) is 38.6 Å². The summed E-state index contributed by atoms with van der Waals surface area (Å²) < 4.78 is 0. The van der Waals surface area contributed by atoms with E-state index in [9.17, 15) is 9.59 Å². The molecule has 2 aromatic carbocycles. The van der Waals surface area contributed by atoms with Gasteiger partial charge in [-0.3, -0.25) is 14.5 Å². The van der Waals surface area contributed by atoms with Crippen LogP contribution in [0.2, 0.25) is 0 Å². The molecule has 0 unspecified atom stereocenters. The molecule has 0 bridgehead atoms. The lowest BCUT2D eigenvalue weighted by molar-refractivity contribution is -0.139. The lowest BCUT2D eigenvalue weighted by Crippen LogP contribution is -2.43. The van der Waals surface area contributed by atoms with Gasteiger partial charge in [0.25, 0.3) is 0 Å². The standard InChI is InChI=1S/C23H30N4O2/c1-26(2)20-12-10-19(11-13-20)21(27-14-6-7-15-27)17-25-23(29)22(28)24-16-18-8-4-3-5-9-18/h3-5,8-13,21H,6-7,14-17H2,1-2H3,(H,24,28)(H,25,29)/t21-/m0/s1. The molecule has 6 nitrogen and oxygen atoms in total. The zero-order valence-corrected chi connectivity index (χ0v) is 17.2. The number of hydrogen-bond donors (Lipinski definition) is 2. The molecule has 3 rings (SSSR count). The Balaban J connectivity index is 1.59. The summed E-state index contributed by atoms with van der Waals surface area (Å²) in [6.07, 6.45) is 2.33. The van der Waals surface area contributed by atoms with Crippen LogP contribution in [0.5, 0.6) is 0 Å². The molecule has 154 valence electrons. The molecule has 6 heteroatoms. The number of carbonyl (C=O) groups is 2. The predicted octanol–water partition coefficient (Wildman–Crippen LogP) is 2.32. The smallest absolute Gasteiger partial charge is 0.309 e. The molecule has 1 aliphatic rings. The minimum Gasteiger partial charge on any atom is -0.378 e. The Morgan fingerprint density at radius 2 is 1.55 bits per heavy atom. The second-order valence-electron chi connectivity index (χ2n) is 7.62. The molecule has 1 atom stereocenters. The molecule has 2 N–H and O–H groups in total. The highest BCUT2D eigenvalue weighted by molar-refractivity contribution is 6.35. The third-order valence-corrected chi connectivity index (χ3v) is 5.33. The predicted molar refractivity (Wildman–Crippen MR) is 116 cm³/mol. The number of amides is 2. The molecule has 1 aliphatic heterocycles. The minimum atomic E-state index is -0.600. The topological polar surface area (TPSA) is 64.7 Å². The molecular weight excluding hydrogens is 364 g/mol. The van der Waals surface area contributed by atoms with E-state index in [4.69, 9.17) is 0 Å². The maximum atomic E-state index is 12.3. The monoisotopic (exact) mass is 394 g/mol. The molecule has 1 fully saturated rings. The van der Waals surface area contributed by atoms with Gasteiger partial charge in [0.05, 0.1) is 6.04 Å². The second kappa shape index (κ2) is 10.1. The molecule has 2 aromatic rings. The quantitative estimate of drug-likeness (QED) is 0.708. The van der Waals surface area contributed by atoms with E-state index in [0.717, 1.165) is 42.7 Å². The summed E-state index contributed by atoms with van der Waals surface area (Å²) in [6, 6.07) is 18.0. The van der Waals surface area contributed by atoms with Gasteiger partial charge in [0.2, 0.25) is 0 Å². The number of carbonyl (C=O) groups excluding carboxylic acids is 2. The van der Waals surface area contributed by atoms with Crippen molar-refractivity contribution in [2.45, 2.75) is 25.4 Å². The Bertz CT molecular complexity index is 799. The van der Waals surface area contributed by atoms with Crippen LogP contribution in [-0.4, -0.2) is 50.4 Å². The fourth-order valence-corrected chi connectivity index (χ4v) is 3.63. The number of likely N-dealkylation sites (tertiary alicyclic amines) is 1. The molecule has 0 spiro atoms. The van der Waals surface area contributed by atoms with Gasteiger partial charge in [0.15, 0.2) is 0 Å². The van der Waals surface area contributed by atoms with Crippen LogP contribution in [0.25, 0.3) is 0 Å². The first kappa shape index (κ1) is 20.9. The van der Waals surface area contributed by atoms with E-state index in [2.05, 4.69) is 44.7 Å². The SMILES string of the molecule is CN(C)c1ccc([C@H](CNC(=O)C(=O)NCc2ccccc2)N2CCCC2)cc1. The van der Waals surface area contributed by atoms with E-state index in [1.165, 1.54) is 0 Å². The van der Waals surface area contributed by atoms with Crippen molar-refractivity contribution < 1.29 is 9.59 Å². The third-order valence-electron chi connectivity index (χ3n) is 5.33. The van der Waals surface area contributed by atoms with E-state index in [1.54, 1.807) is 0 Å². The van der Waals surface area contributed by atoms with Crippen LogP contribution >= 0.6 is 0 Å². The Hall–Kier alpha value is -2.86. The first-order valence-electron chi connectivity index (χ1n) is 10.2. The van der Waals surface area contributed by atoms with Gasteiger partial charge < -0.3 is 15.5 Å². The Morgan fingerprint density at radius 1 is 0.931 bits per heavy atom. The number of nitrogens with zero attached hydrogens (tertiary/aromatic N) is 2. The van der Waals surface area contributed by atoms with Crippen molar-refractivity contribution in [2.24, 2.45) is 0 Å². The highest BCUT2D eigenvalue weighted by atomic mass is 16.2. The van der Waals surface area contributed by atoms with E-state index in [1.807, 2.05) is 44.4 Å². The lowest BCUT2D eigenvalue weighted by Gasteiger charge is -2.28. The van der Waals surface area contributed by atoms with Gasteiger partial charge >= 0.3 is 11.8 Å². The van der Waals surface area contributed by atoms with Crippen molar-refractivity contribution >= 4 is 17.5 Å². The maximum Gasteiger partial charge on any atom is 0.309 e. The highest BCUT2D eigenvalue weighted by Crippen LogP contribution is 2.26. The fourth-order valence-electron chi connectivity index (χ4n) is 3.63. The summed E-state index contributed by atoms with van der Waals surface area (Å²) in [5.74, 6) is -1.19. The number of nitrogens with one attached hydrogen (secondary N) is 2. The van der Waals surface area contributed by atoms with Gasteiger partial charge in [-0.1, -0.05) is 42.5 Å². The van der Waals surface area contributed by atoms with Crippen LogP contribution in [0.15, 0.2) is 54.6 Å². The molecule has 0 aromatic heterocycles. The molecule has 0 aliphatic carbocycles. The summed E-state index contributed by atoms with van der Waals surface area (Å²) in [5.41, 5.74) is 3.25. The first-order valence-corrected chi connectivity index (χ1v) is 10.2. The summed E-state index contributed by atoms with van der Waals surface area (Å²) in [6.45, 7) is 2.78. The fraction of sp³-hybridized carbons (Fsp3) is 0.391. The van der Waals surface area contributed by atoms with E-state index >= 15 is 0 Å². The zero-order valence-electron chi connectivity index (χ0n) is 17.2. The summed E-state index contributed by atoms with van der Waals surface area (Å²) >= 11 is 0. The largest absolute Gasteiger partial charge is 0.378 e. The molecule has 2 amide bonds. The molecule has 1 heterocycles. The molecule has 0 saturated carbocycles. The van der Waals surface area contributed by atoms with Crippen molar-refractivity contribution in [1.82, 2.24) is 15.5 Å². The van der Waals surface area contributed by atoms with Crippen molar-refractivity contribution in [1.29, 1.82) is 0 Å². The maximum absolute atomic E-state index is 12.3. The van der Waals surface area contributed by atoms with Gasteiger partial charge in [-0.25, -0.2) is 0 Å². The molecular formula is C23H30N4O2. The number of rotatable bonds is 7. The van der Waals surface area contributed by atoms with Crippen molar-refractivity contribution in [3.8, 4) is 0 Å². The molecule has 29 heavy (non-hydrogen) atoms. The summed E-state index contributed by atoms with van der Waals surface area (Å²) in [5, 5.41) is 5.51. The van der Waals surface area contributed by atoms with E-state index < -0.39 is 11.8 Å². The summed E-state index contributed by atoms with van der Waals surface area (Å²) in [4.78, 5) is 28.9. The Kier molecular flexibility index (Phi) is 7.25. The Labute approximate surface area is 172 Å². The van der Waals surface area contributed by atoms with Crippen LogP contribution in [0, 0.1) is 0 Å². The van der Waals surface area contributed by atoms with Gasteiger partial charge in [0, 0.05) is 32.9 Å². The van der Waals surface area contributed by atoms with Crippen LogP contribution < -0.4 is 15.5 Å². The zero-order chi connectivity index (χ0) is 20.6. The van der Waals surface area contributed by atoms with Gasteiger partial charge in [-0.15, -0.1) is 0 Å². The molecule has 1 saturated heterocycles. The highest BCUT2D eigenvalue weighted by Gasteiger charge is 2.25. The summed E-state index contributed by atoms with van der Waals surface area (Å²) in [7, 11) is 4.03. The van der Waals surface area contributed by atoms with Crippen molar-refractivity contribution in [3.05, 3.63) is 65.7 Å². The normalized spacial score (nSPS) is 15.0. The van der Waals surface area contributed by atoms with Gasteiger partial charge in [-0.2, -0.15) is 0 Å². The average molecular weight is 395 g/mol. The van der Waals surface area contributed by atoms with Crippen LogP contribution in [0.1, 0.15) is 30.0 Å². The van der Waals surface area contributed by atoms with E-state index in [-0.39, 0.29) is 6.04 Å². The van der Waals surface area contributed by atoms with Crippen molar-refractivity contribution in [3.63, 3.8) is 0 Å². The number of anilines is 1. The Morgan fingerprint density at radius 3 is 2.17 bits per heavy atom. The molecule has 0 radical (unpaired) electrons. The van der Waals surface area contributed by atoms with Gasteiger partial charge in [0.1, 0.15) is 0 Å². The lowest BCUT2D eigenvalue weighted by atomic mass is 10.0.